The maximum atomic E-state index is 10.8. The Balaban J connectivity index is 3.12. The van der Waals surface area contributed by atoms with Gasteiger partial charge in [-0.3, -0.25) is 14.9 Å². The highest BCUT2D eigenvalue weighted by Gasteiger charge is 2.43. The summed E-state index contributed by atoms with van der Waals surface area (Å²) in [6.45, 7) is 3.32. The molecule has 5 nitrogen and oxygen atoms in total. The van der Waals surface area contributed by atoms with E-state index in [1.54, 1.807) is 0 Å². The molecule has 56 valence electrons. The average Bonchev–Trinajstić information content (AvgIpc) is 2.24. The van der Waals surface area contributed by atoms with Crippen LogP contribution in [-0.4, -0.2) is 22.3 Å². The highest BCUT2D eigenvalue weighted by molar-refractivity contribution is 6.48. The van der Waals surface area contributed by atoms with Crippen LogP contribution >= 0.6 is 0 Å². The van der Waals surface area contributed by atoms with Crippen LogP contribution in [0.25, 0.3) is 5.53 Å². The van der Waals surface area contributed by atoms with E-state index in [-0.39, 0.29) is 5.71 Å². The molecule has 1 fully saturated rings. The van der Waals surface area contributed by atoms with Gasteiger partial charge >= 0.3 is 11.6 Å². The van der Waals surface area contributed by atoms with Gasteiger partial charge in [0.15, 0.2) is 5.92 Å². The minimum atomic E-state index is -0.813. The van der Waals surface area contributed by atoms with Gasteiger partial charge in [0.25, 0.3) is 0 Å². The molecule has 0 saturated carbocycles. The van der Waals surface area contributed by atoms with E-state index >= 15 is 0 Å². The lowest BCUT2D eigenvalue weighted by Crippen LogP contribution is -2.22. The Bertz CT molecular complexity index is 288. The second-order valence-corrected chi connectivity index (χ2v) is 2.02. The lowest BCUT2D eigenvalue weighted by molar-refractivity contribution is -0.125. The van der Waals surface area contributed by atoms with Crippen LogP contribution in [0.5, 0.6) is 0 Å². The number of rotatable bonds is 1. The summed E-state index contributed by atoms with van der Waals surface area (Å²) in [5.74, 6) is -1.98. The SMILES string of the molecule is C=CC1C(=O)NC(=O)C1=[N+]=[N-]. The van der Waals surface area contributed by atoms with Crippen molar-refractivity contribution in [3.05, 3.63) is 18.2 Å². The van der Waals surface area contributed by atoms with E-state index in [4.69, 9.17) is 5.53 Å². The summed E-state index contributed by atoms with van der Waals surface area (Å²) in [5, 5.41) is 1.98. The Morgan fingerprint density at radius 3 is 2.64 bits per heavy atom. The fraction of sp³-hybridized carbons (Fsp3) is 0.167. The smallest absolute Gasteiger partial charge is 0.361 e. The van der Waals surface area contributed by atoms with Gasteiger partial charge in [0.05, 0.1) is 0 Å². The van der Waals surface area contributed by atoms with Crippen molar-refractivity contribution >= 4 is 17.5 Å². The molecule has 0 aromatic carbocycles. The van der Waals surface area contributed by atoms with Crippen LogP contribution in [0.2, 0.25) is 0 Å². The molecule has 11 heavy (non-hydrogen) atoms. The number of amides is 2. The number of carbonyl (C=O) groups is 2. The summed E-state index contributed by atoms with van der Waals surface area (Å²) >= 11 is 0. The van der Waals surface area contributed by atoms with Crippen LogP contribution in [0, 0.1) is 5.92 Å². The van der Waals surface area contributed by atoms with Gasteiger partial charge in [0, 0.05) is 0 Å². The molecule has 0 aromatic heterocycles. The molecule has 2 amide bonds. The van der Waals surface area contributed by atoms with Crippen molar-refractivity contribution in [2.75, 3.05) is 0 Å². The summed E-state index contributed by atoms with van der Waals surface area (Å²) in [4.78, 5) is 24.2. The van der Waals surface area contributed by atoms with E-state index in [1.807, 2.05) is 5.32 Å². The molecule has 0 bridgehead atoms. The summed E-state index contributed by atoms with van der Waals surface area (Å²) in [6, 6.07) is 0. The van der Waals surface area contributed by atoms with Crippen molar-refractivity contribution in [3.8, 4) is 0 Å². The Morgan fingerprint density at radius 2 is 2.27 bits per heavy atom. The zero-order chi connectivity index (χ0) is 8.43. The van der Waals surface area contributed by atoms with Crippen molar-refractivity contribution in [1.29, 1.82) is 0 Å². The van der Waals surface area contributed by atoms with Crippen molar-refractivity contribution in [1.82, 2.24) is 5.32 Å². The molecule has 5 heteroatoms. The van der Waals surface area contributed by atoms with Crippen LogP contribution in [0.1, 0.15) is 0 Å². The number of hydrogen-bond acceptors (Lipinski definition) is 2. The van der Waals surface area contributed by atoms with E-state index in [1.165, 1.54) is 6.08 Å². The predicted molar refractivity (Wildman–Crippen MR) is 35.5 cm³/mol. The zero-order valence-corrected chi connectivity index (χ0v) is 5.57. The maximum absolute atomic E-state index is 10.8. The third kappa shape index (κ3) is 0.971. The quantitative estimate of drug-likeness (QED) is 0.228. The first kappa shape index (κ1) is 7.37. The van der Waals surface area contributed by atoms with E-state index in [0.717, 1.165) is 0 Å². The molecule has 1 unspecified atom stereocenters. The first-order valence-corrected chi connectivity index (χ1v) is 2.90. The van der Waals surface area contributed by atoms with Crippen LogP contribution in [-0.2, 0) is 9.59 Å². The first-order chi connectivity index (χ1) is 5.20. The van der Waals surface area contributed by atoms with Crippen LogP contribution in [0.3, 0.4) is 0 Å². The predicted octanol–water partition coefficient (Wildman–Crippen LogP) is -0.884. The van der Waals surface area contributed by atoms with Crippen LogP contribution < -0.4 is 5.32 Å². The van der Waals surface area contributed by atoms with Crippen molar-refractivity contribution < 1.29 is 14.4 Å². The second kappa shape index (κ2) is 2.48. The third-order valence-electron chi connectivity index (χ3n) is 1.39. The number of imide groups is 1. The van der Waals surface area contributed by atoms with Gasteiger partial charge in [0.2, 0.25) is 5.91 Å². The highest BCUT2D eigenvalue weighted by Crippen LogP contribution is 2.06. The average molecular weight is 151 g/mol. The molecular formula is C6H5N3O2. The monoisotopic (exact) mass is 151 g/mol. The van der Waals surface area contributed by atoms with Gasteiger partial charge in [-0.25, -0.2) is 0 Å². The third-order valence-corrected chi connectivity index (χ3v) is 1.39. The topological polar surface area (TPSA) is 82.6 Å². The number of carbonyl (C=O) groups excluding carboxylic acids is 2. The molecule has 1 atom stereocenters. The van der Waals surface area contributed by atoms with Gasteiger partial charge in [-0.2, -0.15) is 4.79 Å². The van der Waals surface area contributed by atoms with Crippen molar-refractivity contribution in [2.45, 2.75) is 0 Å². The standard InChI is InChI=1S/C6H5N3O2/c1-2-3-4(9-7)6(11)8-5(3)10/h2-3H,1H2,(H,8,10,11). The Labute approximate surface area is 62.3 Å². The summed E-state index contributed by atoms with van der Waals surface area (Å²) in [6.07, 6.45) is 1.25. The molecule has 1 aliphatic heterocycles. The molecule has 1 aliphatic rings. The normalized spacial score (nSPS) is 22.9. The van der Waals surface area contributed by atoms with Gasteiger partial charge in [-0.15, -0.1) is 6.58 Å². The second-order valence-electron chi connectivity index (χ2n) is 2.02. The molecule has 1 saturated heterocycles. The summed E-state index contributed by atoms with van der Waals surface area (Å²) in [5.41, 5.74) is 8.08. The Morgan fingerprint density at radius 1 is 1.64 bits per heavy atom. The lowest BCUT2D eigenvalue weighted by atomic mass is 10.1. The number of hydrogen-bond donors (Lipinski definition) is 1. The molecular weight excluding hydrogens is 146 g/mol. The molecule has 1 rings (SSSR count). The lowest BCUT2D eigenvalue weighted by Gasteiger charge is -1.87. The van der Waals surface area contributed by atoms with Crippen LogP contribution in [0.4, 0.5) is 0 Å². The molecule has 1 heterocycles. The maximum Gasteiger partial charge on any atom is 0.372 e. The highest BCUT2D eigenvalue weighted by atomic mass is 16.2. The van der Waals surface area contributed by atoms with Crippen molar-refractivity contribution in [2.24, 2.45) is 5.92 Å². The molecule has 0 aliphatic carbocycles. The Kier molecular flexibility index (Phi) is 1.66. The van der Waals surface area contributed by atoms with Crippen molar-refractivity contribution in [3.63, 3.8) is 0 Å². The van der Waals surface area contributed by atoms with Gasteiger partial charge in [0.1, 0.15) is 0 Å². The van der Waals surface area contributed by atoms with E-state index in [2.05, 4.69) is 11.4 Å². The first-order valence-electron chi connectivity index (χ1n) is 2.90. The van der Waals surface area contributed by atoms with E-state index in [0.29, 0.717) is 0 Å². The van der Waals surface area contributed by atoms with Crippen LogP contribution in [0.15, 0.2) is 12.7 Å². The molecule has 0 radical (unpaired) electrons. The minimum Gasteiger partial charge on any atom is -0.361 e. The number of nitrogens with zero attached hydrogens (tertiary/aromatic N) is 2. The Hall–Kier alpha value is -1.74. The number of nitrogens with one attached hydrogen (secondary N) is 1. The van der Waals surface area contributed by atoms with Gasteiger partial charge in [-0.05, 0) is 0 Å². The minimum absolute atomic E-state index is 0.204. The van der Waals surface area contributed by atoms with E-state index < -0.39 is 17.7 Å². The largest absolute Gasteiger partial charge is 0.372 e. The van der Waals surface area contributed by atoms with Gasteiger partial charge < -0.3 is 5.53 Å². The molecule has 0 aromatic rings. The van der Waals surface area contributed by atoms with E-state index in [9.17, 15) is 9.59 Å². The molecule has 0 spiro atoms. The summed E-state index contributed by atoms with van der Waals surface area (Å²) in [7, 11) is 0. The summed E-state index contributed by atoms with van der Waals surface area (Å²) < 4.78 is 0. The molecule has 1 N–H and O–H groups in total. The zero-order valence-electron chi connectivity index (χ0n) is 5.57. The van der Waals surface area contributed by atoms with Gasteiger partial charge in [-0.1, -0.05) is 6.08 Å². The fourth-order valence-corrected chi connectivity index (χ4v) is 0.845. The fourth-order valence-electron chi connectivity index (χ4n) is 0.845.